The second-order valence-corrected chi connectivity index (χ2v) is 5.34. The van der Waals surface area contributed by atoms with Crippen LogP contribution in [-0.4, -0.2) is 19.7 Å². The van der Waals surface area contributed by atoms with Gasteiger partial charge in [0.05, 0.1) is 19.1 Å². The maximum Gasteiger partial charge on any atom is 0.312 e. The molecule has 0 aliphatic heterocycles. The van der Waals surface area contributed by atoms with Crippen molar-refractivity contribution in [3.05, 3.63) is 29.3 Å². The summed E-state index contributed by atoms with van der Waals surface area (Å²) < 4.78 is 10.5. The van der Waals surface area contributed by atoms with E-state index < -0.39 is 0 Å². The highest BCUT2D eigenvalue weighted by molar-refractivity contribution is 5.78. The number of methoxy groups -OCH3 is 1. The summed E-state index contributed by atoms with van der Waals surface area (Å²) in [6, 6.07) is 6.17. The van der Waals surface area contributed by atoms with Crippen LogP contribution in [0.2, 0.25) is 0 Å². The lowest BCUT2D eigenvalue weighted by Gasteiger charge is -2.39. The number of hydrogen-bond donors (Lipinski definition) is 0. The number of carbonyl (C=O) groups excluding carboxylic acids is 1. The van der Waals surface area contributed by atoms with Gasteiger partial charge in [0.25, 0.3) is 0 Å². The fraction of sp³-hybridized carbons (Fsp3) is 0.562. The Bertz CT molecular complexity index is 461. The summed E-state index contributed by atoms with van der Waals surface area (Å²) in [6.07, 6.45) is 3.76. The van der Waals surface area contributed by atoms with E-state index in [4.69, 9.17) is 9.47 Å². The summed E-state index contributed by atoms with van der Waals surface area (Å²) in [6.45, 7) is 4.69. The molecule has 0 unspecified atom stereocenters. The molecule has 0 heterocycles. The Morgan fingerprint density at radius 1 is 1.37 bits per heavy atom. The largest absolute Gasteiger partial charge is 0.494 e. The predicted molar refractivity (Wildman–Crippen MR) is 74.4 cm³/mol. The van der Waals surface area contributed by atoms with Gasteiger partial charge >= 0.3 is 5.97 Å². The Balaban J connectivity index is 2.14. The number of aryl methyl sites for hydroxylation is 1. The first-order valence-electron chi connectivity index (χ1n) is 6.92. The van der Waals surface area contributed by atoms with Crippen LogP contribution >= 0.6 is 0 Å². The van der Waals surface area contributed by atoms with Crippen molar-refractivity contribution >= 4 is 5.97 Å². The fourth-order valence-electron chi connectivity index (χ4n) is 2.80. The standard InChI is InChI=1S/C16H22O3/c1-4-19-14-7-6-13(10-12(14)2)11-16(8-5-9-16)15(17)18-3/h6-7,10H,4-5,8-9,11H2,1-3H3. The third-order valence-corrected chi connectivity index (χ3v) is 4.01. The summed E-state index contributed by atoms with van der Waals surface area (Å²) in [4.78, 5) is 11.9. The highest BCUT2D eigenvalue weighted by atomic mass is 16.5. The van der Waals surface area contributed by atoms with Crippen LogP contribution in [0.3, 0.4) is 0 Å². The Labute approximate surface area is 114 Å². The van der Waals surface area contributed by atoms with Crippen LogP contribution in [0, 0.1) is 12.3 Å². The molecule has 0 amide bonds. The van der Waals surface area contributed by atoms with Gasteiger partial charge in [0, 0.05) is 0 Å². The first kappa shape index (κ1) is 13.9. The zero-order valence-electron chi connectivity index (χ0n) is 12.0. The zero-order chi connectivity index (χ0) is 13.9. The summed E-state index contributed by atoms with van der Waals surface area (Å²) in [5, 5.41) is 0. The molecule has 1 fully saturated rings. The zero-order valence-corrected chi connectivity index (χ0v) is 12.0. The quantitative estimate of drug-likeness (QED) is 0.764. The van der Waals surface area contributed by atoms with Crippen molar-refractivity contribution in [2.24, 2.45) is 5.41 Å². The molecule has 1 aliphatic carbocycles. The van der Waals surface area contributed by atoms with Gasteiger partial charge < -0.3 is 9.47 Å². The number of esters is 1. The molecule has 19 heavy (non-hydrogen) atoms. The van der Waals surface area contributed by atoms with Gasteiger partial charge in [-0.25, -0.2) is 0 Å². The van der Waals surface area contributed by atoms with Crippen molar-refractivity contribution in [2.45, 2.75) is 39.5 Å². The molecule has 0 aromatic heterocycles. The van der Waals surface area contributed by atoms with E-state index in [1.165, 1.54) is 12.7 Å². The Hall–Kier alpha value is -1.51. The maximum atomic E-state index is 11.9. The van der Waals surface area contributed by atoms with Gasteiger partial charge in [-0.1, -0.05) is 18.6 Å². The maximum absolute atomic E-state index is 11.9. The third kappa shape index (κ3) is 2.75. The lowest BCUT2D eigenvalue weighted by atomic mass is 9.65. The van der Waals surface area contributed by atoms with Crippen molar-refractivity contribution in [3.63, 3.8) is 0 Å². The van der Waals surface area contributed by atoms with Gasteiger partial charge in [0.2, 0.25) is 0 Å². The van der Waals surface area contributed by atoms with E-state index in [1.54, 1.807) is 0 Å². The molecule has 1 saturated carbocycles. The first-order valence-corrected chi connectivity index (χ1v) is 6.92. The fourth-order valence-corrected chi connectivity index (χ4v) is 2.80. The molecule has 104 valence electrons. The van der Waals surface area contributed by atoms with Crippen LogP contribution in [0.5, 0.6) is 5.75 Å². The smallest absolute Gasteiger partial charge is 0.312 e. The lowest BCUT2D eigenvalue weighted by molar-refractivity contribution is -0.158. The van der Waals surface area contributed by atoms with Gasteiger partial charge in [-0.15, -0.1) is 0 Å². The minimum atomic E-state index is -0.283. The molecular weight excluding hydrogens is 240 g/mol. The Morgan fingerprint density at radius 2 is 2.11 bits per heavy atom. The van der Waals surface area contributed by atoms with Crippen LogP contribution in [0.15, 0.2) is 18.2 Å². The van der Waals surface area contributed by atoms with E-state index in [0.29, 0.717) is 6.61 Å². The van der Waals surface area contributed by atoms with E-state index >= 15 is 0 Å². The van der Waals surface area contributed by atoms with E-state index in [0.717, 1.165) is 37.0 Å². The molecule has 0 atom stereocenters. The molecule has 1 aromatic carbocycles. The van der Waals surface area contributed by atoms with Crippen LogP contribution in [0.1, 0.15) is 37.3 Å². The monoisotopic (exact) mass is 262 g/mol. The number of carbonyl (C=O) groups is 1. The van der Waals surface area contributed by atoms with Crippen molar-refractivity contribution in [3.8, 4) is 5.75 Å². The molecule has 1 aromatic rings. The average Bonchev–Trinajstić information content (AvgIpc) is 2.36. The van der Waals surface area contributed by atoms with Crippen molar-refractivity contribution in [1.29, 1.82) is 0 Å². The molecule has 2 rings (SSSR count). The summed E-state index contributed by atoms with van der Waals surface area (Å²) in [7, 11) is 1.48. The van der Waals surface area contributed by atoms with Gasteiger partial charge in [-0.3, -0.25) is 4.79 Å². The molecule has 0 bridgehead atoms. The summed E-state index contributed by atoms with van der Waals surface area (Å²) >= 11 is 0. The number of rotatable bonds is 5. The van der Waals surface area contributed by atoms with E-state index in [1.807, 2.05) is 19.9 Å². The third-order valence-electron chi connectivity index (χ3n) is 4.01. The van der Waals surface area contributed by atoms with Crippen molar-refractivity contribution in [2.75, 3.05) is 13.7 Å². The molecule has 1 aliphatic rings. The van der Waals surface area contributed by atoms with Crippen LogP contribution in [-0.2, 0) is 16.0 Å². The van der Waals surface area contributed by atoms with E-state index in [-0.39, 0.29) is 11.4 Å². The number of hydrogen-bond acceptors (Lipinski definition) is 3. The molecule has 0 spiro atoms. The molecule has 3 heteroatoms. The van der Waals surface area contributed by atoms with E-state index in [2.05, 4.69) is 12.1 Å². The highest BCUT2D eigenvalue weighted by Crippen LogP contribution is 2.45. The van der Waals surface area contributed by atoms with E-state index in [9.17, 15) is 4.79 Å². The lowest BCUT2D eigenvalue weighted by Crippen LogP contribution is -2.40. The second kappa shape index (κ2) is 5.64. The average molecular weight is 262 g/mol. The second-order valence-electron chi connectivity index (χ2n) is 5.34. The molecule has 0 radical (unpaired) electrons. The Morgan fingerprint density at radius 3 is 2.58 bits per heavy atom. The molecule has 3 nitrogen and oxygen atoms in total. The number of ether oxygens (including phenoxy) is 2. The first-order chi connectivity index (χ1) is 9.11. The van der Waals surface area contributed by atoms with Crippen LogP contribution < -0.4 is 4.74 Å². The minimum Gasteiger partial charge on any atom is -0.494 e. The van der Waals surface area contributed by atoms with Gasteiger partial charge in [0.1, 0.15) is 5.75 Å². The van der Waals surface area contributed by atoms with Crippen molar-refractivity contribution < 1.29 is 14.3 Å². The van der Waals surface area contributed by atoms with Crippen molar-refractivity contribution in [1.82, 2.24) is 0 Å². The Kier molecular flexibility index (Phi) is 4.13. The SMILES string of the molecule is CCOc1ccc(CC2(C(=O)OC)CCC2)cc1C. The van der Waals surface area contributed by atoms with Crippen LogP contribution in [0.25, 0.3) is 0 Å². The topological polar surface area (TPSA) is 35.5 Å². The molecule has 0 saturated heterocycles. The summed E-state index contributed by atoms with van der Waals surface area (Å²) in [5.41, 5.74) is 2.03. The van der Waals surface area contributed by atoms with Gasteiger partial charge in [0.15, 0.2) is 0 Å². The van der Waals surface area contributed by atoms with Crippen LogP contribution in [0.4, 0.5) is 0 Å². The predicted octanol–water partition coefficient (Wildman–Crippen LogP) is 3.28. The summed E-state index contributed by atoms with van der Waals surface area (Å²) in [5.74, 6) is 0.859. The van der Waals surface area contributed by atoms with Gasteiger partial charge in [-0.2, -0.15) is 0 Å². The normalized spacial score (nSPS) is 16.6. The molecular formula is C16H22O3. The number of benzene rings is 1. The van der Waals surface area contributed by atoms with Gasteiger partial charge in [-0.05, 0) is 50.3 Å². The highest BCUT2D eigenvalue weighted by Gasteiger charge is 2.45. The molecule has 0 N–H and O–H groups in total. The minimum absolute atomic E-state index is 0.0645.